The van der Waals surface area contributed by atoms with Crippen molar-refractivity contribution < 1.29 is 4.79 Å². The zero-order chi connectivity index (χ0) is 19.1. The number of carbonyl (C=O) groups excluding carboxylic acids is 1. The second-order valence-corrected chi connectivity index (χ2v) is 7.57. The van der Waals surface area contributed by atoms with E-state index in [1.54, 1.807) is 12.3 Å². The van der Waals surface area contributed by atoms with Gasteiger partial charge >= 0.3 is 0 Å². The number of allylic oxidation sites excluding steroid dienone is 3. The molecule has 1 atom stereocenters. The number of aromatic nitrogens is 4. The van der Waals surface area contributed by atoms with Crippen molar-refractivity contribution in [1.82, 2.24) is 19.6 Å². The molecule has 0 fully saturated rings. The van der Waals surface area contributed by atoms with Gasteiger partial charge in [-0.3, -0.25) is 9.78 Å². The van der Waals surface area contributed by atoms with Crippen LogP contribution in [0.1, 0.15) is 31.2 Å². The molecule has 0 saturated carbocycles. The van der Waals surface area contributed by atoms with Gasteiger partial charge in [0.1, 0.15) is 5.82 Å². The molecule has 0 spiro atoms. The summed E-state index contributed by atoms with van der Waals surface area (Å²) in [6.07, 6.45) is 12.6. The minimum Gasteiger partial charge on any atom is -0.367 e. The van der Waals surface area contributed by atoms with Crippen LogP contribution in [-0.4, -0.2) is 31.4 Å². The fourth-order valence-electron chi connectivity index (χ4n) is 4.06. The predicted octanol–water partition coefficient (Wildman–Crippen LogP) is 3.89. The zero-order valence-corrected chi connectivity index (χ0v) is 15.7. The topological polar surface area (TPSA) is 72.2 Å². The van der Waals surface area contributed by atoms with Gasteiger partial charge in [-0.15, -0.1) is 0 Å². The van der Waals surface area contributed by atoms with Crippen LogP contribution in [0.2, 0.25) is 0 Å². The Balaban J connectivity index is 1.47. The van der Waals surface area contributed by atoms with Gasteiger partial charge in [-0.05, 0) is 49.5 Å². The number of pyridine rings is 1. The van der Waals surface area contributed by atoms with E-state index < -0.39 is 0 Å². The van der Waals surface area contributed by atoms with Gasteiger partial charge in [0.2, 0.25) is 0 Å². The molecule has 0 amide bonds. The lowest BCUT2D eigenvalue weighted by Gasteiger charge is -2.29. The van der Waals surface area contributed by atoms with E-state index in [1.807, 2.05) is 42.0 Å². The average molecular weight is 371 g/mol. The number of nitrogens with one attached hydrogen (secondary N) is 1. The smallest absolute Gasteiger partial charge is 0.159 e. The van der Waals surface area contributed by atoms with E-state index in [1.165, 1.54) is 11.1 Å². The number of aryl methyl sites for hydroxylation is 1. The first-order chi connectivity index (χ1) is 13.7. The molecule has 0 radical (unpaired) electrons. The van der Waals surface area contributed by atoms with Crippen molar-refractivity contribution in [2.45, 2.75) is 38.6 Å². The first-order valence-electron chi connectivity index (χ1n) is 9.61. The second-order valence-electron chi connectivity index (χ2n) is 7.57. The van der Waals surface area contributed by atoms with Crippen LogP contribution in [0.15, 0.2) is 60.1 Å². The number of anilines is 1. The molecule has 6 nitrogen and oxygen atoms in total. The normalized spacial score (nSPS) is 19.2. The summed E-state index contributed by atoms with van der Waals surface area (Å²) in [6, 6.07) is 6.35. The molecule has 0 bridgehead atoms. The van der Waals surface area contributed by atoms with Gasteiger partial charge in [-0.2, -0.15) is 9.61 Å². The Hall–Kier alpha value is -3.28. The quantitative estimate of drug-likeness (QED) is 0.756. The van der Waals surface area contributed by atoms with Gasteiger partial charge in [0, 0.05) is 42.6 Å². The van der Waals surface area contributed by atoms with Gasteiger partial charge < -0.3 is 5.32 Å². The maximum absolute atomic E-state index is 11.6. The van der Waals surface area contributed by atoms with Gasteiger partial charge in [-0.25, -0.2) is 4.98 Å². The summed E-state index contributed by atoms with van der Waals surface area (Å²) in [5.41, 5.74) is 6.39. The molecule has 140 valence electrons. The van der Waals surface area contributed by atoms with Crippen LogP contribution in [0.3, 0.4) is 0 Å². The molecule has 2 aliphatic carbocycles. The first kappa shape index (κ1) is 16.9. The number of carbonyl (C=O) groups is 1. The van der Waals surface area contributed by atoms with Crippen molar-refractivity contribution in [3.8, 4) is 11.3 Å². The molecule has 6 heteroatoms. The van der Waals surface area contributed by atoms with Crippen LogP contribution < -0.4 is 5.32 Å². The number of nitrogens with zero attached hydrogens (tertiary/aromatic N) is 4. The Bertz CT molecular complexity index is 1140. The van der Waals surface area contributed by atoms with E-state index >= 15 is 0 Å². The molecule has 0 saturated heterocycles. The van der Waals surface area contributed by atoms with Crippen LogP contribution in [0.25, 0.3) is 16.9 Å². The number of hydrogen-bond acceptors (Lipinski definition) is 5. The Labute approximate surface area is 163 Å². The Kier molecular flexibility index (Phi) is 4.04. The molecule has 5 rings (SSSR count). The highest BCUT2D eigenvalue weighted by atomic mass is 16.1. The number of rotatable bonds is 3. The fourth-order valence-corrected chi connectivity index (χ4v) is 4.06. The molecule has 1 unspecified atom stereocenters. The highest BCUT2D eigenvalue weighted by molar-refractivity contribution is 5.93. The first-order valence-corrected chi connectivity index (χ1v) is 9.61. The van der Waals surface area contributed by atoms with E-state index in [9.17, 15) is 4.79 Å². The van der Waals surface area contributed by atoms with Crippen molar-refractivity contribution in [2.75, 3.05) is 5.32 Å². The molecule has 0 aliphatic heterocycles. The maximum Gasteiger partial charge on any atom is 0.159 e. The van der Waals surface area contributed by atoms with Crippen molar-refractivity contribution in [1.29, 1.82) is 0 Å². The average Bonchev–Trinajstić information content (AvgIpc) is 3.17. The number of hydrogen-bond donors (Lipinski definition) is 1. The van der Waals surface area contributed by atoms with Gasteiger partial charge in [0.05, 0.1) is 11.9 Å². The Morgan fingerprint density at radius 1 is 1.21 bits per heavy atom. The highest BCUT2D eigenvalue weighted by Gasteiger charge is 2.24. The Morgan fingerprint density at radius 3 is 3.04 bits per heavy atom. The molecule has 28 heavy (non-hydrogen) atoms. The van der Waals surface area contributed by atoms with E-state index in [0.717, 1.165) is 47.5 Å². The van der Waals surface area contributed by atoms with Crippen molar-refractivity contribution in [3.63, 3.8) is 0 Å². The predicted molar refractivity (Wildman–Crippen MR) is 108 cm³/mol. The molecule has 3 heterocycles. The van der Waals surface area contributed by atoms with Crippen LogP contribution >= 0.6 is 0 Å². The summed E-state index contributed by atoms with van der Waals surface area (Å²) in [5, 5.41) is 8.10. The van der Waals surface area contributed by atoms with Crippen LogP contribution in [0.4, 0.5) is 5.82 Å². The largest absolute Gasteiger partial charge is 0.367 e. The van der Waals surface area contributed by atoms with Crippen LogP contribution in [-0.2, 0) is 4.79 Å². The lowest BCUT2D eigenvalue weighted by molar-refractivity contribution is -0.114. The summed E-state index contributed by atoms with van der Waals surface area (Å²) in [7, 11) is 0. The highest BCUT2D eigenvalue weighted by Crippen LogP contribution is 2.33. The van der Waals surface area contributed by atoms with E-state index in [0.29, 0.717) is 12.5 Å². The number of ketones is 1. The third-order valence-electron chi connectivity index (χ3n) is 5.46. The third kappa shape index (κ3) is 3.11. The Morgan fingerprint density at radius 2 is 2.14 bits per heavy atom. The zero-order valence-electron chi connectivity index (χ0n) is 15.7. The van der Waals surface area contributed by atoms with Gasteiger partial charge in [0.15, 0.2) is 11.4 Å². The van der Waals surface area contributed by atoms with Crippen molar-refractivity contribution in [3.05, 3.63) is 65.7 Å². The minimum absolute atomic E-state index is 0.217. The summed E-state index contributed by atoms with van der Waals surface area (Å²) < 4.78 is 1.84. The number of fused-ring (bicyclic) bond motifs is 1. The fraction of sp³-hybridized carbons (Fsp3) is 0.273. The molecule has 3 aromatic heterocycles. The molecular formula is C22H21N5O. The monoisotopic (exact) mass is 371 g/mol. The minimum atomic E-state index is 0.217. The van der Waals surface area contributed by atoms with E-state index in [2.05, 4.69) is 21.5 Å². The third-order valence-corrected chi connectivity index (χ3v) is 5.46. The van der Waals surface area contributed by atoms with Crippen molar-refractivity contribution >= 4 is 17.2 Å². The lowest BCUT2D eigenvalue weighted by Crippen LogP contribution is -2.26. The maximum atomic E-state index is 11.6. The molecule has 0 aromatic carbocycles. The second kappa shape index (κ2) is 6.71. The van der Waals surface area contributed by atoms with E-state index in [4.69, 9.17) is 4.98 Å². The summed E-state index contributed by atoms with van der Waals surface area (Å²) >= 11 is 0. The van der Waals surface area contributed by atoms with Gasteiger partial charge in [0.25, 0.3) is 0 Å². The SMILES string of the molecule is Cc1cncc(-c2cc(NC3CCC4=C(C=CC(=O)C4)C3)n3nccc3n2)c1. The van der Waals surface area contributed by atoms with Crippen LogP contribution in [0.5, 0.6) is 0 Å². The summed E-state index contributed by atoms with van der Waals surface area (Å²) in [4.78, 5) is 20.7. The standard InChI is InChI=1S/C22H21N5O/c1-14-8-17(13-23-12-14)20-11-22(27-21(26-20)6-7-24-27)25-18-4-2-16-10-19(28)5-3-15(16)9-18/h3,5-8,11-13,18,25H,2,4,9-10H2,1H3. The summed E-state index contributed by atoms with van der Waals surface area (Å²) in [6.45, 7) is 2.03. The summed E-state index contributed by atoms with van der Waals surface area (Å²) in [5.74, 6) is 1.14. The van der Waals surface area contributed by atoms with Crippen molar-refractivity contribution in [2.24, 2.45) is 0 Å². The lowest BCUT2D eigenvalue weighted by atomic mass is 9.83. The van der Waals surface area contributed by atoms with Gasteiger partial charge in [-0.1, -0.05) is 11.6 Å². The van der Waals surface area contributed by atoms with E-state index in [-0.39, 0.29) is 5.78 Å². The molecule has 2 aliphatic rings. The molecule has 1 N–H and O–H groups in total. The molecular weight excluding hydrogens is 350 g/mol. The molecule has 3 aromatic rings. The van der Waals surface area contributed by atoms with Crippen LogP contribution in [0, 0.1) is 6.92 Å².